The summed E-state index contributed by atoms with van der Waals surface area (Å²) in [5.41, 5.74) is 7.69. The van der Waals surface area contributed by atoms with Gasteiger partial charge in [-0.2, -0.15) is 0 Å². The van der Waals surface area contributed by atoms with Crippen molar-refractivity contribution in [3.63, 3.8) is 0 Å². The topological polar surface area (TPSA) is 68.7 Å². The van der Waals surface area contributed by atoms with Crippen LogP contribution in [-0.2, 0) is 21.7 Å². The van der Waals surface area contributed by atoms with Crippen LogP contribution in [0.3, 0.4) is 0 Å². The number of hydrogen-bond donors (Lipinski definition) is 1. The highest BCUT2D eigenvalue weighted by Crippen LogP contribution is 2.55. The Morgan fingerprint density at radius 1 is 0.484 bits per heavy atom. The van der Waals surface area contributed by atoms with Crippen LogP contribution in [0.2, 0.25) is 0 Å². The summed E-state index contributed by atoms with van der Waals surface area (Å²) >= 11 is 0. The van der Waals surface area contributed by atoms with Gasteiger partial charge in [-0.25, -0.2) is 4.98 Å². The molecular formula is C59H57NO4. The van der Waals surface area contributed by atoms with E-state index in [1.54, 1.807) is 0 Å². The number of hydrogen-bond acceptors (Lipinski definition) is 5. The third-order valence-corrected chi connectivity index (χ3v) is 13.4. The van der Waals surface area contributed by atoms with E-state index < -0.39 is 0 Å². The van der Waals surface area contributed by atoms with Crippen molar-refractivity contribution >= 4 is 59.8 Å². The van der Waals surface area contributed by atoms with E-state index in [0.717, 1.165) is 82.6 Å². The zero-order valence-corrected chi connectivity index (χ0v) is 39.4. The van der Waals surface area contributed by atoms with Gasteiger partial charge in [-0.15, -0.1) is 0 Å². The van der Waals surface area contributed by atoms with Crippen LogP contribution in [0, 0.1) is 6.92 Å². The van der Waals surface area contributed by atoms with Crippen LogP contribution in [0.1, 0.15) is 127 Å². The van der Waals surface area contributed by atoms with Crippen molar-refractivity contribution < 1.29 is 19.4 Å². The number of aromatic nitrogens is 1. The number of carbonyl (C=O) groups excluding carboxylic acids is 1. The molecule has 8 aromatic carbocycles. The Morgan fingerprint density at radius 3 is 1.67 bits per heavy atom. The lowest BCUT2D eigenvalue weighted by Crippen LogP contribution is -2.17. The lowest BCUT2D eigenvalue weighted by molar-refractivity contribution is 0.103. The van der Waals surface area contributed by atoms with Gasteiger partial charge < -0.3 is 14.6 Å². The van der Waals surface area contributed by atoms with Gasteiger partial charge in [0.15, 0.2) is 5.78 Å². The fourth-order valence-electron chi connectivity index (χ4n) is 9.88. The molecule has 64 heavy (non-hydrogen) atoms. The van der Waals surface area contributed by atoms with Crippen molar-refractivity contribution in [3.8, 4) is 40.0 Å². The van der Waals surface area contributed by atoms with Crippen LogP contribution in [0.5, 0.6) is 28.7 Å². The predicted molar refractivity (Wildman–Crippen MR) is 266 cm³/mol. The van der Waals surface area contributed by atoms with Gasteiger partial charge in [-0.3, -0.25) is 4.79 Å². The Bertz CT molecular complexity index is 3450. The van der Waals surface area contributed by atoms with E-state index in [9.17, 15) is 9.90 Å². The Kier molecular flexibility index (Phi) is 8.94. The molecule has 0 atom stereocenters. The molecule has 0 radical (unpaired) electrons. The van der Waals surface area contributed by atoms with Gasteiger partial charge in [-0.05, 0) is 98.3 Å². The van der Waals surface area contributed by atoms with Gasteiger partial charge in [0.05, 0.1) is 16.8 Å². The van der Waals surface area contributed by atoms with Crippen LogP contribution >= 0.6 is 0 Å². The third-order valence-electron chi connectivity index (χ3n) is 13.4. The summed E-state index contributed by atoms with van der Waals surface area (Å²) in [5, 5.41) is 20.2. The lowest BCUT2D eigenvalue weighted by Gasteiger charge is -2.29. The van der Waals surface area contributed by atoms with Gasteiger partial charge in [0.2, 0.25) is 0 Å². The Labute approximate surface area is 376 Å². The average Bonchev–Trinajstić information content (AvgIpc) is 3.21. The van der Waals surface area contributed by atoms with Crippen molar-refractivity contribution in [1.29, 1.82) is 0 Å². The zero-order chi connectivity index (χ0) is 45.6. The van der Waals surface area contributed by atoms with Gasteiger partial charge in [0.25, 0.3) is 0 Å². The number of aryl methyl sites for hydroxylation is 1. The number of rotatable bonds is 4. The van der Waals surface area contributed by atoms with Crippen LogP contribution in [-0.4, -0.2) is 15.9 Å². The minimum Gasteiger partial charge on any atom is -0.506 e. The first-order valence-electron chi connectivity index (χ1n) is 22.5. The van der Waals surface area contributed by atoms with E-state index in [1.807, 2.05) is 31.2 Å². The SMILES string of the molecule is Cc1ccc2nc3c(c(O)c2c1)C(=O)c1ccc2c4c(Oc5ccc(C(C)(C)C)cc5C(C)(C)C)ccc5cccc(c6c(Oc7ccc(C(C)(C)C)cc7C(C)(C)C)cc-3c1c26)c54. The quantitative estimate of drug-likeness (QED) is 0.141. The van der Waals surface area contributed by atoms with Crippen molar-refractivity contribution in [2.75, 3.05) is 0 Å². The smallest absolute Gasteiger partial charge is 0.199 e. The largest absolute Gasteiger partial charge is 0.506 e. The van der Waals surface area contributed by atoms with Crippen LogP contribution < -0.4 is 9.47 Å². The van der Waals surface area contributed by atoms with E-state index >= 15 is 0 Å². The molecular weight excluding hydrogens is 787 g/mol. The highest BCUT2D eigenvalue weighted by atomic mass is 16.5. The standard InChI is InChI=1S/C59H57NO4/c1-31-17-23-42-38(27-31)55(62)52-53(60-42)39-30-46(64-44-26-20-34(57(5,6)7)29-41(44)59(11,12)13)50-35-16-14-15-32-18-24-45(49(47(32)35)36-21-22-37(54(52)61)48(39)51(36)50)63-43-25-19-33(56(2,3)4)28-40(43)58(8,9)10/h14-30H,1-13H3,(H,60,62). The van der Waals surface area contributed by atoms with Gasteiger partial charge in [0.1, 0.15) is 28.7 Å². The summed E-state index contributed by atoms with van der Waals surface area (Å²) in [6, 6.07) is 35.7. The highest BCUT2D eigenvalue weighted by molar-refractivity contribution is 6.40. The number of fused-ring (bicyclic) bond motifs is 5. The summed E-state index contributed by atoms with van der Waals surface area (Å²) in [5.74, 6) is 2.65. The molecule has 5 heteroatoms. The highest BCUT2D eigenvalue weighted by Gasteiger charge is 2.35. The normalized spacial score (nSPS) is 13.5. The van der Waals surface area contributed by atoms with E-state index in [2.05, 4.69) is 162 Å². The van der Waals surface area contributed by atoms with Crippen LogP contribution in [0.25, 0.3) is 65.3 Å². The molecule has 0 unspecified atom stereocenters. The minimum atomic E-state index is -0.253. The molecule has 0 fully saturated rings. The fourth-order valence-corrected chi connectivity index (χ4v) is 9.88. The molecule has 9 aromatic rings. The molecule has 0 spiro atoms. The number of nitrogens with zero attached hydrogens (tertiary/aromatic N) is 1. The van der Waals surface area contributed by atoms with Gasteiger partial charge in [-0.1, -0.05) is 149 Å². The molecule has 1 aliphatic rings. The van der Waals surface area contributed by atoms with E-state index in [4.69, 9.17) is 14.5 Å². The molecule has 0 saturated heterocycles. The summed E-state index contributed by atoms with van der Waals surface area (Å²) in [6.45, 7) is 28.8. The maximum absolute atomic E-state index is 14.9. The maximum Gasteiger partial charge on any atom is 0.199 e. The number of aromatic hydroxyl groups is 1. The Hall–Kier alpha value is -6.46. The van der Waals surface area contributed by atoms with Crippen LogP contribution in [0.4, 0.5) is 0 Å². The molecule has 10 rings (SSSR count). The summed E-state index contributed by atoms with van der Waals surface area (Å²) < 4.78 is 14.6. The van der Waals surface area contributed by atoms with Crippen molar-refractivity contribution in [2.45, 2.75) is 112 Å². The number of ketones is 1. The second-order valence-corrected chi connectivity index (χ2v) is 22.2. The second kappa shape index (κ2) is 13.8. The molecule has 1 aromatic heterocycles. The molecule has 1 aliphatic carbocycles. The Balaban J connectivity index is 1.34. The van der Waals surface area contributed by atoms with Gasteiger partial charge in [0, 0.05) is 54.6 Å². The number of carbonyl (C=O) groups is 1. The van der Waals surface area contributed by atoms with Crippen LogP contribution in [0.15, 0.2) is 103 Å². The molecule has 0 saturated carbocycles. The molecule has 322 valence electrons. The molecule has 1 heterocycles. The first-order chi connectivity index (χ1) is 30.0. The van der Waals surface area contributed by atoms with Gasteiger partial charge >= 0.3 is 0 Å². The van der Waals surface area contributed by atoms with Crippen molar-refractivity contribution in [1.82, 2.24) is 4.98 Å². The van der Waals surface area contributed by atoms with E-state index in [0.29, 0.717) is 27.9 Å². The second-order valence-electron chi connectivity index (χ2n) is 22.2. The first-order valence-corrected chi connectivity index (χ1v) is 22.5. The predicted octanol–water partition coefficient (Wildman–Crippen LogP) is 16.3. The molecule has 1 N–H and O–H groups in total. The maximum atomic E-state index is 14.9. The van der Waals surface area contributed by atoms with E-state index in [-0.39, 0.29) is 38.8 Å². The number of ether oxygens (including phenoxy) is 2. The average molecular weight is 844 g/mol. The first kappa shape index (κ1) is 41.5. The summed E-state index contributed by atoms with van der Waals surface area (Å²) in [4.78, 5) is 20.1. The third kappa shape index (κ3) is 6.41. The Morgan fingerprint density at radius 2 is 1.06 bits per heavy atom. The molecule has 0 bridgehead atoms. The lowest BCUT2D eigenvalue weighted by atomic mass is 9.79. The fraction of sp³-hybridized carbons (Fsp3) is 0.288. The monoisotopic (exact) mass is 843 g/mol. The zero-order valence-electron chi connectivity index (χ0n) is 39.4. The van der Waals surface area contributed by atoms with E-state index in [1.165, 1.54) is 11.1 Å². The van der Waals surface area contributed by atoms with Crippen molar-refractivity contribution in [3.05, 3.63) is 142 Å². The summed E-state index contributed by atoms with van der Waals surface area (Å²) in [7, 11) is 0. The summed E-state index contributed by atoms with van der Waals surface area (Å²) in [6.07, 6.45) is 0. The number of benzene rings is 8. The molecule has 5 nitrogen and oxygen atoms in total. The molecule has 0 amide bonds. The van der Waals surface area contributed by atoms with Crippen molar-refractivity contribution in [2.24, 2.45) is 0 Å². The number of pyridine rings is 1. The molecule has 0 aliphatic heterocycles. The minimum absolute atomic E-state index is 0.0306.